The van der Waals surface area contributed by atoms with Crippen LogP contribution in [0.25, 0.3) is 0 Å². The molecule has 0 aliphatic heterocycles. The molecule has 0 saturated carbocycles. The molecule has 0 aromatic carbocycles. The number of nitrogens with two attached hydrogens (primary N) is 1. The molecule has 0 spiro atoms. The van der Waals surface area contributed by atoms with Crippen molar-refractivity contribution >= 4 is 11.8 Å². The first kappa shape index (κ1) is 13.9. The summed E-state index contributed by atoms with van der Waals surface area (Å²) in [5.41, 5.74) is 3.24. The first-order valence-electron chi connectivity index (χ1n) is 4.70. The number of carbonyl (C=O) groups excluding carboxylic acids is 2. The van der Waals surface area contributed by atoms with Gasteiger partial charge in [-0.2, -0.15) is 0 Å². The van der Waals surface area contributed by atoms with E-state index in [2.05, 4.69) is 0 Å². The molecular formula is C10H20N2O3. The average Bonchev–Trinajstić information content (AvgIpc) is 2.15. The number of methoxy groups -OCH3 is 1. The molecule has 2 N–H and O–H groups in total. The number of carbonyl (C=O) groups is 2. The maximum Gasteiger partial charge on any atom is 0.254 e. The Labute approximate surface area is 90.6 Å². The molecule has 0 saturated heterocycles. The predicted octanol–water partition coefficient (Wildman–Crippen LogP) is 0.134. The highest BCUT2D eigenvalue weighted by Crippen LogP contribution is 2.19. The zero-order valence-electron chi connectivity index (χ0n) is 10.2. The summed E-state index contributed by atoms with van der Waals surface area (Å²) in [5.74, 6) is -0.834. The van der Waals surface area contributed by atoms with Crippen LogP contribution in [-0.2, 0) is 14.3 Å². The van der Waals surface area contributed by atoms with Gasteiger partial charge in [-0.3, -0.25) is 9.59 Å². The quantitative estimate of drug-likeness (QED) is 0.726. The maximum absolute atomic E-state index is 11.9. The molecule has 5 heteroatoms. The highest BCUT2D eigenvalue weighted by Gasteiger charge is 2.39. The van der Waals surface area contributed by atoms with Gasteiger partial charge in [-0.15, -0.1) is 0 Å². The van der Waals surface area contributed by atoms with Gasteiger partial charge in [0.1, 0.15) is 11.1 Å². The minimum Gasteiger partial charge on any atom is -0.369 e. The van der Waals surface area contributed by atoms with Crippen molar-refractivity contribution in [3.8, 4) is 0 Å². The smallest absolute Gasteiger partial charge is 0.254 e. The molecule has 0 aliphatic rings. The lowest BCUT2D eigenvalue weighted by Gasteiger charge is -2.37. The van der Waals surface area contributed by atoms with Crippen molar-refractivity contribution in [3.63, 3.8) is 0 Å². The van der Waals surface area contributed by atoms with Crippen LogP contribution in [0.1, 0.15) is 27.7 Å². The Kier molecular flexibility index (Phi) is 3.88. The molecule has 0 radical (unpaired) electrons. The number of ether oxygens (including phenoxy) is 1. The van der Waals surface area contributed by atoms with Crippen molar-refractivity contribution in [1.82, 2.24) is 4.90 Å². The van der Waals surface area contributed by atoms with Gasteiger partial charge in [0, 0.05) is 14.2 Å². The molecular weight excluding hydrogens is 196 g/mol. The summed E-state index contributed by atoms with van der Waals surface area (Å²) < 4.78 is 5.05. The van der Waals surface area contributed by atoms with Crippen LogP contribution in [0.4, 0.5) is 0 Å². The Balaban J connectivity index is 4.96. The fourth-order valence-electron chi connectivity index (χ4n) is 0.910. The van der Waals surface area contributed by atoms with Crippen LogP contribution in [0, 0.1) is 0 Å². The largest absolute Gasteiger partial charge is 0.369 e. The van der Waals surface area contributed by atoms with Crippen LogP contribution >= 0.6 is 0 Å². The predicted molar refractivity (Wildman–Crippen MR) is 57.1 cm³/mol. The monoisotopic (exact) mass is 216 g/mol. The summed E-state index contributed by atoms with van der Waals surface area (Å²) in [6.07, 6.45) is 0. The van der Waals surface area contributed by atoms with Crippen LogP contribution in [0.15, 0.2) is 0 Å². The van der Waals surface area contributed by atoms with Gasteiger partial charge >= 0.3 is 0 Å². The SMILES string of the molecule is COC(C)(C)C(=O)N(C)C(C)(C)C(N)=O. The van der Waals surface area contributed by atoms with E-state index in [1.165, 1.54) is 19.1 Å². The van der Waals surface area contributed by atoms with E-state index in [1.54, 1.807) is 27.7 Å². The molecule has 0 fully saturated rings. The molecule has 0 unspecified atom stereocenters. The fraction of sp³-hybridized carbons (Fsp3) is 0.800. The second kappa shape index (κ2) is 4.18. The second-order valence-corrected chi connectivity index (χ2v) is 4.50. The van der Waals surface area contributed by atoms with E-state index in [4.69, 9.17) is 10.5 Å². The molecule has 5 nitrogen and oxygen atoms in total. The van der Waals surface area contributed by atoms with Crippen LogP contribution in [0.3, 0.4) is 0 Å². The topological polar surface area (TPSA) is 72.6 Å². The van der Waals surface area contributed by atoms with E-state index in [1.807, 2.05) is 0 Å². The Bertz CT molecular complexity index is 272. The summed E-state index contributed by atoms with van der Waals surface area (Å²) in [6, 6.07) is 0. The summed E-state index contributed by atoms with van der Waals surface area (Å²) in [5, 5.41) is 0. The van der Waals surface area contributed by atoms with Crippen molar-refractivity contribution in [2.24, 2.45) is 5.73 Å². The highest BCUT2D eigenvalue weighted by molar-refractivity contribution is 5.92. The van der Waals surface area contributed by atoms with E-state index < -0.39 is 17.0 Å². The maximum atomic E-state index is 11.9. The number of primary amides is 1. The fourth-order valence-corrected chi connectivity index (χ4v) is 0.910. The molecule has 0 heterocycles. The number of likely N-dealkylation sites (N-methyl/N-ethyl adjacent to an activating group) is 1. The van der Waals surface area contributed by atoms with E-state index in [-0.39, 0.29) is 5.91 Å². The van der Waals surface area contributed by atoms with Crippen LogP contribution in [-0.4, -0.2) is 42.0 Å². The molecule has 0 aromatic heterocycles. The van der Waals surface area contributed by atoms with Crippen molar-refractivity contribution in [2.45, 2.75) is 38.8 Å². The van der Waals surface area contributed by atoms with Gasteiger partial charge in [0.15, 0.2) is 0 Å². The average molecular weight is 216 g/mol. The molecule has 0 aliphatic carbocycles. The molecule has 2 amide bonds. The third-order valence-corrected chi connectivity index (χ3v) is 2.77. The number of rotatable bonds is 4. The number of amides is 2. The second-order valence-electron chi connectivity index (χ2n) is 4.50. The number of nitrogens with zero attached hydrogens (tertiary/aromatic N) is 1. The lowest BCUT2D eigenvalue weighted by Crippen LogP contribution is -2.58. The molecule has 0 aromatic rings. The Hall–Kier alpha value is -1.10. The summed E-state index contributed by atoms with van der Waals surface area (Å²) in [4.78, 5) is 24.4. The van der Waals surface area contributed by atoms with Gasteiger partial charge in [-0.05, 0) is 27.7 Å². The zero-order valence-corrected chi connectivity index (χ0v) is 10.2. The van der Waals surface area contributed by atoms with Crippen LogP contribution in [0.2, 0.25) is 0 Å². The third kappa shape index (κ3) is 2.68. The first-order valence-corrected chi connectivity index (χ1v) is 4.70. The lowest BCUT2D eigenvalue weighted by atomic mass is 9.99. The standard InChI is InChI=1S/C10H20N2O3/c1-9(2,7(11)13)12(5)8(14)10(3,4)15-6/h1-6H3,(H2,11,13). The van der Waals surface area contributed by atoms with Crippen molar-refractivity contribution < 1.29 is 14.3 Å². The normalized spacial score (nSPS) is 12.4. The van der Waals surface area contributed by atoms with E-state index in [0.29, 0.717) is 0 Å². The lowest BCUT2D eigenvalue weighted by molar-refractivity contribution is -0.158. The van der Waals surface area contributed by atoms with Gasteiger partial charge < -0.3 is 15.4 Å². The Morgan fingerprint density at radius 3 is 1.87 bits per heavy atom. The first-order chi connectivity index (χ1) is 6.57. The third-order valence-electron chi connectivity index (χ3n) is 2.77. The Morgan fingerprint density at radius 2 is 1.60 bits per heavy atom. The van der Waals surface area contributed by atoms with Crippen molar-refractivity contribution in [1.29, 1.82) is 0 Å². The summed E-state index contributed by atoms with van der Waals surface area (Å²) >= 11 is 0. The van der Waals surface area contributed by atoms with Gasteiger partial charge in [0.2, 0.25) is 5.91 Å². The molecule has 0 atom stereocenters. The van der Waals surface area contributed by atoms with Gasteiger partial charge in [-0.1, -0.05) is 0 Å². The van der Waals surface area contributed by atoms with Crippen LogP contribution in [0.5, 0.6) is 0 Å². The molecule has 88 valence electrons. The summed E-state index contributed by atoms with van der Waals surface area (Å²) in [7, 11) is 2.98. The van der Waals surface area contributed by atoms with E-state index >= 15 is 0 Å². The Morgan fingerprint density at radius 1 is 1.20 bits per heavy atom. The van der Waals surface area contributed by atoms with Gasteiger partial charge in [0.25, 0.3) is 5.91 Å². The number of hydrogen-bond donors (Lipinski definition) is 1. The van der Waals surface area contributed by atoms with Gasteiger partial charge in [0.05, 0.1) is 0 Å². The van der Waals surface area contributed by atoms with Crippen molar-refractivity contribution in [2.75, 3.05) is 14.2 Å². The van der Waals surface area contributed by atoms with E-state index in [9.17, 15) is 9.59 Å². The van der Waals surface area contributed by atoms with Crippen molar-refractivity contribution in [3.05, 3.63) is 0 Å². The molecule has 0 rings (SSSR count). The zero-order chi connectivity index (χ0) is 12.4. The van der Waals surface area contributed by atoms with E-state index in [0.717, 1.165) is 0 Å². The summed E-state index contributed by atoms with van der Waals surface area (Å²) in [6.45, 7) is 6.48. The minimum absolute atomic E-state index is 0.284. The van der Waals surface area contributed by atoms with Gasteiger partial charge in [-0.25, -0.2) is 0 Å². The van der Waals surface area contributed by atoms with Crippen LogP contribution < -0.4 is 5.73 Å². The molecule has 15 heavy (non-hydrogen) atoms. The minimum atomic E-state index is -1.02. The highest BCUT2D eigenvalue weighted by atomic mass is 16.5. The number of hydrogen-bond acceptors (Lipinski definition) is 3. The molecule has 0 bridgehead atoms.